The van der Waals surface area contributed by atoms with Crippen LogP contribution >= 0.6 is 0 Å². The molecule has 1 aromatic heterocycles. The second kappa shape index (κ2) is 8.18. The van der Waals surface area contributed by atoms with Crippen molar-refractivity contribution in [2.45, 2.75) is 65.5 Å². The first-order chi connectivity index (χ1) is 11.0. The van der Waals surface area contributed by atoms with Crippen LogP contribution in [0.3, 0.4) is 0 Å². The van der Waals surface area contributed by atoms with E-state index in [1.165, 1.54) is 12.8 Å². The Hall–Kier alpha value is -1.78. The maximum Gasteiger partial charge on any atom is 0.220 e. The predicted octanol–water partition coefficient (Wildman–Crippen LogP) is 2.93. The van der Waals surface area contributed by atoms with Crippen LogP contribution in [-0.4, -0.2) is 17.9 Å². The number of amides is 2. The predicted molar refractivity (Wildman–Crippen MR) is 88.6 cm³/mol. The third kappa shape index (κ3) is 5.41. The highest BCUT2D eigenvalue weighted by molar-refractivity contribution is 5.83. The van der Waals surface area contributed by atoms with Crippen molar-refractivity contribution in [3.8, 4) is 0 Å². The molecular formula is C18H28N2O3. The molecule has 0 bridgehead atoms. The highest BCUT2D eigenvalue weighted by Gasteiger charge is 2.28. The van der Waals surface area contributed by atoms with Gasteiger partial charge in [-0.05, 0) is 37.3 Å². The van der Waals surface area contributed by atoms with E-state index in [-0.39, 0.29) is 30.7 Å². The summed E-state index contributed by atoms with van der Waals surface area (Å²) >= 11 is 0. The van der Waals surface area contributed by atoms with Gasteiger partial charge in [-0.1, -0.05) is 26.7 Å². The highest BCUT2D eigenvalue weighted by atomic mass is 16.3. The van der Waals surface area contributed by atoms with E-state index in [9.17, 15) is 9.59 Å². The maximum absolute atomic E-state index is 12.0. The smallest absolute Gasteiger partial charge is 0.220 e. The fourth-order valence-corrected chi connectivity index (χ4v) is 3.15. The summed E-state index contributed by atoms with van der Waals surface area (Å²) in [4.78, 5) is 23.8. The minimum atomic E-state index is -0.126. The quantitative estimate of drug-likeness (QED) is 0.846. The van der Waals surface area contributed by atoms with Crippen molar-refractivity contribution in [3.63, 3.8) is 0 Å². The van der Waals surface area contributed by atoms with Gasteiger partial charge in [0.25, 0.3) is 0 Å². The molecule has 23 heavy (non-hydrogen) atoms. The Labute approximate surface area is 138 Å². The monoisotopic (exact) mass is 320 g/mol. The number of nitrogens with one attached hydrogen (secondary N) is 2. The summed E-state index contributed by atoms with van der Waals surface area (Å²) in [6.45, 7) is 6.67. The van der Waals surface area contributed by atoms with Crippen LogP contribution in [0.5, 0.6) is 0 Å². The Morgan fingerprint density at radius 2 is 1.91 bits per heavy atom. The fourth-order valence-electron chi connectivity index (χ4n) is 3.15. The first kappa shape index (κ1) is 17.6. The van der Waals surface area contributed by atoms with Gasteiger partial charge in [0.05, 0.1) is 6.54 Å². The Morgan fingerprint density at radius 1 is 1.17 bits per heavy atom. The fraction of sp³-hybridized carbons (Fsp3) is 0.667. The van der Waals surface area contributed by atoms with Gasteiger partial charge < -0.3 is 15.1 Å². The maximum atomic E-state index is 12.0. The molecule has 0 aliphatic heterocycles. The number of carbonyl (C=O) groups excluding carboxylic acids is 2. The molecule has 1 fully saturated rings. The van der Waals surface area contributed by atoms with Crippen LogP contribution in [0.1, 0.15) is 57.5 Å². The molecule has 5 nitrogen and oxygen atoms in total. The Kier molecular flexibility index (Phi) is 6.25. The number of rotatable bonds is 6. The summed E-state index contributed by atoms with van der Waals surface area (Å²) < 4.78 is 5.39. The Bertz CT molecular complexity index is 538. The van der Waals surface area contributed by atoms with E-state index in [1.54, 1.807) is 0 Å². The molecule has 1 aliphatic rings. The summed E-state index contributed by atoms with van der Waals surface area (Å²) in [5, 5.41) is 5.87. The van der Waals surface area contributed by atoms with E-state index in [4.69, 9.17) is 4.42 Å². The van der Waals surface area contributed by atoms with Crippen LogP contribution in [0.2, 0.25) is 0 Å². The van der Waals surface area contributed by atoms with E-state index in [1.807, 2.05) is 19.1 Å². The third-order valence-corrected chi connectivity index (χ3v) is 4.89. The van der Waals surface area contributed by atoms with Crippen molar-refractivity contribution in [1.82, 2.24) is 10.6 Å². The topological polar surface area (TPSA) is 71.3 Å². The van der Waals surface area contributed by atoms with E-state index in [2.05, 4.69) is 24.5 Å². The van der Waals surface area contributed by atoms with Crippen molar-refractivity contribution < 1.29 is 14.0 Å². The molecule has 0 unspecified atom stereocenters. The zero-order valence-electron chi connectivity index (χ0n) is 14.4. The van der Waals surface area contributed by atoms with E-state index < -0.39 is 0 Å². The van der Waals surface area contributed by atoms with Gasteiger partial charge >= 0.3 is 0 Å². The summed E-state index contributed by atoms with van der Waals surface area (Å²) in [6, 6.07) is 3.95. The molecule has 1 heterocycles. The lowest BCUT2D eigenvalue weighted by Gasteiger charge is -2.34. The summed E-state index contributed by atoms with van der Waals surface area (Å²) in [5.41, 5.74) is 0. The van der Waals surface area contributed by atoms with E-state index >= 15 is 0 Å². The Balaban J connectivity index is 1.66. The number of furan rings is 1. The molecule has 2 rings (SSSR count). The second-order valence-electron chi connectivity index (χ2n) is 6.73. The van der Waals surface area contributed by atoms with Crippen LogP contribution in [0.25, 0.3) is 0 Å². The van der Waals surface area contributed by atoms with Gasteiger partial charge in [-0.25, -0.2) is 0 Å². The van der Waals surface area contributed by atoms with Crippen LogP contribution in [0.15, 0.2) is 16.5 Å². The molecule has 1 aliphatic carbocycles. The van der Waals surface area contributed by atoms with Gasteiger partial charge in [0.2, 0.25) is 11.8 Å². The zero-order valence-corrected chi connectivity index (χ0v) is 14.4. The highest BCUT2D eigenvalue weighted by Crippen LogP contribution is 2.29. The molecule has 3 atom stereocenters. The normalized spacial score (nSPS) is 24.2. The molecule has 0 saturated heterocycles. The van der Waals surface area contributed by atoms with Crippen LogP contribution in [-0.2, 0) is 16.1 Å². The number of hydrogen-bond donors (Lipinski definition) is 2. The average Bonchev–Trinajstić information content (AvgIpc) is 2.93. The van der Waals surface area contributed by atoms with Crippen LogP contribution < -0.4 is 10.6 Å². The van der Waals surface area contributed by atoms with Gasteiger partial charge in [-0.15, -0.1) is 0 Å². The van der Waals surface area contributed by atoms with Crippen LogP contribution in [0.4, 0.5) is 0 Å². The standard InChI is InChI=1S/C18H28N2O3/c1-12-5-4-6-16(14(12)3)20-18(22)10-9-17(21)19-11-15-8-7-13(2)23-15/h7-8,12,14,16H,4-6,9-11H2,1-3H3,(H,19,21)(H,20,22)/t12-,14+,16+/m0/s1. The van der Waals surface area contributed by atoms with Crippen molar-refractivity contribution in [2.24, 2.45) is 11.8 Å². The molecule has 0 spiro atoms. The molecule has 1 aromatic rings. The van der Waals surface area contributed by atoms with E-state index in [0.29, 0.717) is 18.4 Å². The van der Waals surface area contributed by atoms with Crippen molar-refractivity contribution in [2.75, 3.05) is 0 Å². The van der Waals surface area contributed by atoms with Gasteiger partial charge in [-0.3, -0.25) is 9.59 Å². The number of aryl methyl sites for hydroxylation is 1. The lowest BCUT2D eigenvalue weighted by molar-refractivity contribution is -0.127. The summed E-state index contributed by atoms with van der Waals surface area (Å²) in [6.07, 6.45) is 3.89. The first-order valence-corrected chi connectivity index (χ1v) is 8.57. The number of carbonyl (C=O) groups is 2. The van der Waals surface area contributed by atoms with Gasteiger partial charge in [-0.2, -0.15) is 0 Å². The number of hydrogen-bond acceptors (Lipinski definition) is 3. The lowest BCUT2D eigenvalue weighted by Crippen LogP contribution is -2.43. The molecule has 2 N–H and O–H groups in total. The third-order valence-electron chi connectivity index (χ3n) is 4.89. The first-order valence-electron chi connectivity index (χ1n) is 8.57. The largest absolute Gasteiger partial charge is 0.465 e. The van der Waals surface area contributed by atoms with Crippen molar-refractivity contribution >= 4 is 11.8 Å². The zero-order chi connectivity index (χ0) is 16.8. The molecule has 5 heteroatoms. The minimum absolute atomic E-state index is 0.0278. The lowest BCUT2D eigenvalue weighted by atomic mass is 9.78. The van der Waals surface area contributed by atoms with Crippen molar-refractivity contribution in [1.29, 1.82) is 0 Å². The average molecular weight is 320 g/mol. The second-order valence-corrected chi connectivity index (χ2v) is 6.73. The summed E-state index contributed by atoms with van der Waals surface area (Å²) in [7, 11) is 0. The summed E-state index contributed by atoms with van der Waals surface area (Å²) in [5.74, 6) is 2.55. The minimum Gasteiger partial charge on any atom is -0.465 e. The molecule has 2 amide bonds. The molecule has 128 valence electrons. The van der Waals surface area contributed by atoms with E-state index in [0.717, 1.165) is 17.9 Å². The molecule has 0 aromatic carbocycles. The van der Waals surface area contributed by atoms with Gasteiger partial charge in [0, 0.05) is 18.9 Å². The van der Waals surface area contributed by atoms with Crippen molar-refractivity contribution in [3.05, 3.63) is 23.7 Å². The molecule has 0 radical (unpaired) electrons. The van der Waals surface area contributed by atoms with Crippen LogP contribution in [0, 0.1) is 18.8 Å². The SMILES string of the molecule is Cc1ccc(CNC(=O)CCC(=O)N[C@@H]2CCC[C@H](C)[C@H]2C)o1. The molecular weight excluding hydrogens is 292 g/mol. The van der Waals surface area contributed by atoms with Gasteiger partial charge in [0.15, 0.2) is 0 Å². The molecule has 1 saturated carbocycles. The van der Waals surface area contributed by atoms with Gasteiger partial charge in [0.1, 0.15) is 11.5 Å². The Morgan fingerprint density at radius 3 is 2.61 bits per heavy atom.